The molecule has 1 aromatic rings. The van der Waals surface area contributed by atoms with Crippen LogP contribution in [0.15, 0.2) is 6.20 Å². The van der Waals surface area contributed by atoms with Crippen LogP contribution in [0.1, 0.15) is 12.6 Å². The van der Waals surface area contributed by atoms with Gasteiger partial charge in [0.15, 0.2) is 4.77 Å². The first-order valence-electron chi connectivity index (χ1n) is 3.63. The first-order valence-corrected chi connectivity index (χ1v) is 4.04. The van der Waals surface area contributed by atoms with Crippen LogP contribution in [0.25, 0.3) is 0 Å². The van der Waals surface area contributed by atoms with Crippen LogP contribution in [0.4, 0.5) is 0 Å². The minimum atomic E-state index is 0.756. The lowest BCUT2D eigenvalue weighted by Crippen LogP contribution is -2.26. The molecule has 1 aromatic heterocycles. The molecule has 0 aliphatic carbocycles. The second kappa shape index (κ2) is 3.09. The highest BCUT2D eigenvalue weighted by Crippen LogP contribution is 2.00. The van der Waals surface area contributed by atoms with Crippen molar-refractivity contribution in [3.63, 3.8) is 0 Å². The maximum absolute atomic E-state index is 5.08. The standard InChI is InChI=1S/C7H13N3S/c1-4-6-5-8-7(11)10(6)9(2)3/h5H,4H2,1-3H3,(H,8,11). The van der Waals surface area contributed by atoms with Crippen LogP contribution < -0.4 is 5.01 Å². The van der Waals surface area contributed by atoms with E-state index >= 15 is 0 Å². The van der Waals surface area contributed by atoms with E-state index in [0.717, 1.165) is 11.2 Å². The fourth-order valence-electron chi connectivity index (χ4n) is 1.09. The lowest BCUT2D eigenvalue weighted by molar-refractivity contribution is 0.683. The summed E-state index contributed by atoms with van der Waals surface area (Å²) in [6.45, 7) is 2.11. The first kappa shape index (κ1) is 8.33. The van der Waals surface area contributed by atoms with Crippen molar-refractivity contribution in [2.45, 2.75) is 13.3 Å². The fraction of sp³-hybridized carbons (Fsp3) is 0.571. The van der Waals surface area contributed by atoms with Crippen LogP contribution in [0.5, 0.6) is 0 Å². The first-order chi connectivity index (χ1) is 5.16. The lowest BCUT2D eigenvalue weighted by atomic mass is 10.4. The number of aromatic amines is 1. The zero-order valence-electron chi connectivity index (χ0n) is 7.09. The predicted molar refractivity (Wildman–Crippen MR) is 49.1 cm³/mol. The largest absolute Gasteiger partial charge is 0.336 e. The number of aromatic nitrogens is 2. The van der Waals surface area contributed by atoms with E-state index in [-0.39, 0.29) is 0 Å². The maximum Gasteiger partial charge on any atom is 0.196 e. The zero-order chi connectivity index (χ0) is 8.43. The second-order valence-electron chi connectivity index (χ2n) is 2.60. The average Bonchev–Trinajstić information content (AvgIpc) is 2.30. The molecule has 0 saturated heterocycles. The number of hydrogen-bond acceptors (Lipinski definition) is 2. The van der Waals surface area contributed by atoms with Crippen molar-refractivity contribution in [1.82, 2.24) is 9.66 Å². The molecule has 0 unspecified atom stereocenters. The van der Waals surface area contributed by atoms with Crippen molar-refractivity contribution in [1.29, 1.82) is 0 Å². The Hall–Kier alpha value is -0.770. The van der Waals surface area contributed by atoms with Crippen LogP contribution in [0.2, 0.25) is 0 Å². The number of aryl methyl sites for hydroxylation is 1. The van der Waals surface area contributed by atoms with Gasteiger partial charge in [0.1, 0.15) is 0 Å². The normalized spacial score (nSPS) is 10.1. The molecule has 1 heterocycles. The lowest BCUT2D eigenvalue weighted by Gasteiger charge is -2.16. The fourth-order valence-corrected chi connectivity index (χ4v) is 1.43. The number of rotatable bonds is 2. The molecule has 3 nitrogen and oxygen atoms in total. The van der Waals surface area contributed by atoms with Gasteiger partial charge in [0.05, 0.1) is 5.69 Å². The molecule has 0 atom stereocenters. The summed E-state index contributed by atoms with van der Waals surface area (Å²) < 4.78 is 2.74. The van der Waals surface area contributed by atoms with E-state index in [1.54, 1.807) is 0 Å². The quantitative estimate of drug-likeness (QED) is 0.678. The van der Waals surface area contributed by atoms with Gasteiger partial charge in [0.25, 0.3) is 0 Å². The summed E-state index contributed by atoms with van der Waals surface area (Å²) in [5, 5.41) is 1.97. The Bertz CT molecular complexity index is 284. The van der Waals surface area contributed by atoms with Gasteiger partial charge >= 0.3 is 0 Å². The van der Waals surface area contributed by atoms with E-state index in [1.807, 2.05) is 30.0 Å². The molecule has 1 rings (SSSR count). The minimum absolute atomic E-state index is 0.756. The van der Waals surface area contributed by atoms with Gasteiger partial charge in [-0.15, -0.1) is 0 Å². The zero-order valence-corrected chi connectivity index (χ0v) is 7.90. The molecule has 0 aliphatic rings. The third-order valence-electron chi connectivity index (χ3n) is 1.59. The molecule has 0 saturated carbocycles. The molecule has 0 fully saturated rings. The summed E-state index contributed by atoms with van der Waals surface area (Å²) in [5.41, 5.74) is 1.21. The van der Waals surface area contributed by atoms with Gasteiger partial charge in [-0.1, -0.05) is 6.92 Å². The van der Waals surface area contributed by atoms with Crippen molar-refractivity contribution in [3.05, 3.63) is 16.7 Å². The maximum atomic E-state index is 5.08. The Morgan fingerprint density at radius 1 is 1.64 bits per heavy atom. The van der Waals surface area contributed by atoms with Crippen LogP contribution in [0, 0.1) is 4.77 Å². The molecule has 0 aliphatic heterocycles. The third-order valence-corrected chi connectivity index (χ3v) is 1.88. The molecule has 0 spiro atoms. The smallest absolute Gasteiger partial charge is 0.196 e. The van der Waals surface area contributed by atoms with Gasteiger partial charge in [-0.05, 0) is 18.6 Å². The minimum Gasteiger partial charge on any atom is -0.336 e. The molecule has 0 aromatic carbocycles. The van der Waals surface area contributed by atoms with Crippen molar-refractivity contribution in [2.24, 2.45) is 0 Å². The summed E-state index contributed by atoms with van der Waals surface area (Å²) in [4.78, 5) is 3.01. The average molecular weight is 171 g/mol. The highest BCUT2D eigenvalue weighted by atomic mass is 32.1. The van der Waals surface area contributed by atoms with Gasteiger partial charge in [-0.2, -0.15) is 0 Å². The molecular weight excluding hydrogens is 158 g/mol. The van der Waals surface area contributed by atoms with Crippen molar-refractivity contribution < 1.29 is 0 Å². The molecule has 1 N–H and O–H groups in total. The molecule has 0 radical (unpaired) electrons. The number of H-pyrrole nitrogens is 1. The van der Waals surface area contributed by atoms with Crippen LogP contribution >= 0.6 is 12.2 Å². The van der Waals surface area contributed by atoms with E-state index in [1.165, 1.54) is 5.69 Å². The van der Waals surface area contributed by atoms with Crippen LogP contribution in [-0.2, 0) is 6.42 Å². The van der Waals surface area contributed by atoms with E-state index in [2.05, 4.69) is 11.9 Å². The Kier molecular flexibility index (Phi) is 2.34. The predicted octanol–water partition coefficient (Wildman–Crippen LogP) is 1.31. The van der Waals surface area contributed by atoms with Gasteiger partial charge in [0, 0.05) is 20.3 Å². The SMILES string of the molecule is CCc1c[nH]c(=S)n1N(C)C. The molecule has 0 bridgehead atoms. The number of imidazole rings is 1. The summed E-state index contributed by atoms with van der Waals surface area (Å²) in [7, 11) is 3.95. The Labute approximate surface area is 71.6 Å². The summed E-state index contributed by atoms with van der Waals surface area (Å²) >= 11 is 5.08. The van der Waals surface area contributed by atoms with Crippen molar-refractivity contribution in [2.75, 3.05) is 19.1 Å². The van der Waals surface area contributed by atoms with Gasteiger partial charge < -0.3 is 9.99 Å². The van der Waals surface area contributed by atoms with Crippen molar-refractivity contribution >= 4 is 12.2 Å². The summed E-state index contributed by atoms with van der Waals surface area (Å²) in [5.74, 6) is 0. The van der Waals surface area contributed by atoms with Gasteiger partial charge in [0.2, 0.25) is 0 Å². The van der Waals surface area contributed by atoms with Crippen LogP contribution in [-0.4, -0.2) is 23.8 Å². The molecule has 0 amide bonds. The van der Waals surface area contributed by atoms with E-state index in [4.69, 9.17) is 12.2 Å². The van der Waals surface area contributed by atoms with Gasteiger partial charge in [-0.25, -0.2) is 4.68 Å². The third kappa shape index (κ3) is 1.45. The Morgan fingerprint density at radius 3 is 2.64 bits per heavy atom. The summed E-state index contributed by atoms with van der Waals surface area (Å²) in [6.07, 6.45) is 2.94. The molecule has 11 heavy (non-hydrogen) atoms. The topological polar surface area (TPSA) is 24.0 Å². The molecule has 62 valence electrons. The number of hydrogen-bond donors (Lipinski definition) is 1. The van der Waals surface area contributed by atoms with Crippen LogP contribution in [0.3, 0.4) is 0 Å². The van der Waals surface area contributed by atoms with E-state index in [0.29, 0.717) is 0 Å². The number of nitrogens with zero attached hydrogens (tertiary/aromatic N) is 2. The Balaban J connectivity index is 3.18. The van der Waals surface area contributed by atoms with Crippen molar-refractivity contribution in [3.8, 4) is 0 Å². The Morgan fingerprint density at radius 2 is 2.27 bits per heavy atom. The van der Waals surface area contributed by atoms with E-state index in [9.17, 15) is 0 Å². The van der Waals surface area contributed by atoms with E-state index < -0.39 is 0 Å². The second-order valence-corrected chi connectivity index (χ2v) is 2.98. The molecular formula is C7H13N3S. The highest BCUT2D eigenvalue weighted by molar-refractivity contribution is 7.71. The monoisotopic (exact) mass is 171 g/mol. The summed E-state index contributed by atoms with van der Waals surface area (Å²) in [6, 6.07) is 0. The van der Waals surface area contributed by atoms with Gasteiger partial charge in [-0.3, -0.25) is 0 Å². The highest BCUT2D eigenvalue weighted by Gasteiger charge is 2.01. The molecule has 4 heteroatoms. The number of nitrogens with one attached hydrogen (secondary N) is 1.